The maximum Gasteiger partial charge on any atom is 0.268 e. The number of hydrogen-bond acceptors (Lipinski definition) is 7. The Hall–Kier alpha value is -4.24. The van der Waals surface area contributed by atoms with Crippen LogP contribution in [0.5, 0.6) is 0 Å². The third-order valence-electron chi connectivity index (χ3n) is 5.60. The number of hydrogen-bond donors (Lipinski definition) is 2. The summed E-state index contributed by atoms with van der Waals surface area (Å²) in [5.74, 6) is 0.823. The molecule has 3 aromatic heterocycles. The van der Waals surface area contributed by atoms with Crippen LogP contribution in [-0.4, -0.2) is 32.8 Å². The molecule has 36 heavy (non-hydrogen) atoms. The molecule has 0 saturated heterocycles. The highest BCUT2D eigenvalue weighted by Gasteiger charge is 2.24. The van der Waals surface area contributed by atoms with Gasteiger partial charge in [0.05, 0.1) is 33.5 Å². The van der Waals surface area contributed by atoms with Gasteiger partial charge in [0.15, 0.2) is 17.9 Å². The number of thiophene rings is 1. The Balaban J connectivity index is 1.39. The largest absolute Gasteiger partial charge is 0.443 e. The summed E-state index contributed by atoms with van der Waals surface area (Å²) in [6, 6.07) is 18.5. The second-order valence-corrected chi connectivity index (χ2v) is 10.4. The fourth-order valence-electron chi connectivity index (χ4n) is 3.95. The number of aromatic nitrogens is 3. The summed E-state index contributed by atoms with van der Waals surface area (Å²) in [5.41, 5.74) is 2.69. The minimum Gasteiger partial charge on any atom is -0.443 e. The number of rotatable bonds is 7. The fourth-order valence-corrected chi connectivity index (χ4v) is 4.81. The molecule has 8 nitrogen and oxygen atoms in total. The number of fused-ring (bicyclic) bond motifs is 1. The van der Waals surface area contributed by atoms with Crippen molar-refractivity contribution < 1.29 is 14.0 Å². The third kappa shape index (κ3) is 4.78. The molecule has 0 saturated carbocycles. The summed E-state index contributed by atoms with van der Waals surface area (Å²) in [6.07, 6.45) is 2.98. The van der Waals surface area contributed by atoms with Crippen molar-refractivity contribution in [3.8, 4) is 10.6 Å². The van der Waals surface area contributed by atoms with Crippen molar-refractivity contribution in [3.63, 3.8) is 0 Å². The molecule has 0 spiro atoms. The van der Waals surface area contributed by atoms with Gasteiger partial charge in [0.25, 0.3) is 5.91 Å². The van der Waals surface area contributed by atoms with Crippen molar-refractivity contribution >= 4 is 45.7 Å². The summed E-state index contributed by atoms with van der Waals surface area (Å²) in [6.45, 7) is 6.34. The Morgan fingerprint density at radius 1 is 1.06 bits per heavy atom. The van der Waals surface area contributed by atoms with E-state index in [1.807, 2.05) is 47.0 Å². The molecule has 9 heteroatoms. The molecule has 2 aromatic carbocycles. The predicted molar refractivity (Wildman–Crippen MR) is 142 cm³/mol. The van der Waals surface area contributed by atoms with Crippen LogP contribution >= 0.6 is 11.3 Å². The molecule has 182 valence electrons. The van der Waals surface area contributed by atoms with E-state index in [4.69, 9.17) is 9.40 Å². The van der Waals surface area contributed by atoms with Crippen LogP contribution in [0.2, 0.25) is 0 Å². The average molecular weight is 500 g/mol. The summed E-state index contributed by atoms with van der Waals surface area (Å²) in [7, 11) is 0. The lowest BCUT2D eigenvalue weighted by molar-refractivity contribution is 0.100. The molecule has 0 unspecified atom stereocenters. The van der Waals surface area contributed by atoms with Crippen LogP contribution in [0.15, 0.2) is 77.7 Å². The first-order chi connectivity index (χ1) is 17.3. The van der Waals surface area contributed by atoms with E-state index in [9.17, 15) is 9.59 Å². The topological polar surface area (TPSA) is 102 Å². The van der Waals surface area contributed by atoms with Gasteiger partial charge in [-0.15, -0.1) is 11.3 Å². The smallest absolute Gasteiger partial charge is 0.268 e. The first kappa shape index (κ1) is 23.5. The quantitative estimate of drug-likeness (QED) is 0.264. The zero-order valence-corrected chi connectivity index (χ0v) is 20.9. The third-order valence-corrected chi connectivity index (χ3v) is 6.70. The van der Waals surface area contributed by atoms with Crippen molar-refractivity contribution in [1.29, 1.82) is 0 Å². The first-order valence-electron chi connectivity index (χ1n) is 11.4. The molecule has 1 amide bonds. The zero-order valence-electron chi connectivity index (χ0n) is 20.1. The van der Waals surface area contributed by atoms with Gasteiger partial charge in [0, 0.05) is 16.8 Å². The Labute approximate surface area is 212 Å². The van der Waals surface area contributed by atoms with Crippen LogP contribution < -0.4 is 10.6 Å². The van der Waals surface area contributed by atoms with E-state index in [2.05, 4.69) is 36.4 Å². The van der Waals surface area contributed by atoms with Gasteiger partial charge in [-0.2, -0.15) is 0 Å². The highest BCUT2D eigenvalue weighted by molar-refractivity contribution is 7.17. The summed E-state index contributed by atoms with van der Waals surface area (Å²) in [4.78, 5) is 35.6. The summed E-state index contributed by atoms with van der Waals surface area (Å²) < 4.78 is 7.33. The molecule has 5 rings (SSSR count). The Kier molecular flexibility index (Phi) is 6.15. The zero-order chi connectivity index (χ0) is 25.3. The fraction of sp³-hybridized carbons (Fsp3) is 0.185. The van der Waals surface area contributed by atoms with Gasteiger partial charge >= 0.3 is 0 Å². The van der Waals surface area contributed by atoms with Crippen LogP contribution in [0.4, 0.5) is 11.6 Å². The van der Waals surface area contributed by atoms with Crippen LogP contribution in [-0.2, 0) is 5.54 Å². The van der Waals surface area contributed by atoms with E-state index in [1.54, 1.807) is 24.4 Å². The number of nitrogens with zero attached hydrogens (tertiary/aromatic N) is 3. The molecule has 0 radical (unpaired) electrons. The standard InChI is InChI=1S/C27H25N5O3S/c1-27(2,3)32-20-10-9-18(29-14-21(33)17-7-5-4-6-8-17)13-19(20)30-26(32)31-25(34)24-12-11-23(36-24)22-15-28-16-35-22/h4-13,15-16,29H,14H2,1-3H3,(H,30,31,34). The van der Waals surface area contributed by atoms with Crippen LogP contribution in [0, 0.1) is 0 Å². The van der Waals surface area contributed by atoms with Gasteiger partial charge in [-0.25, -0.2) is 9.97 Å². The maximum atomic E-state index is 13.1. The molecular formula is C27H25N5O3S. The van der Waals surface area contributed by atoms with E-state index in [0.29, 0.717) is 27.7 Å². The molecular weight excluding hydrogens is 474 g/mol. The van der Waals surface area contributed by atoms with Gasteiger partial charge in [-0.05, 0) is 51.1 Å². The number of amides is 1. The highest BCUT2D eigenvalue weighted by atomic mass is 32.1. The minimum atomic E-state index is -0.337. The lowest BCUT2D eigenvalue weighted by atomic mass is 10.1. The average Bonchev–Trinajstić information content (AvgIpc) is 3.61. The van der Waals surface area contributed by atoms with E-state index in [-0.39, 0.29) is 23.8 Å². The van der Waals surface area contributed by atoms with Gasteiger partial charge in [-0.1, -0.05) is 30.3 Å². The lowest BCUT2D eigenvalue weighted by Gasteiger charge is -2.24. The van der Waals surface area contributed by atoms with Crippen LogP contribution in [0.3, 0.4) is 0 Å². The Morgan fingerprint density at radius 3 is 2.58 bits per heavy atom. The van der Waals surface area contributed by atoms with Gasteiger partial charge in [-0.3, -0.25) is 14.9 Å². The lowest BCUT2D eigenvalue weighted by Crippen LogP contribution is -2.25. The molecule has 5 aromatic rings. The summed E-state index contributed by atoms with van der Waals surface area (Å²) in [5, 5.41) is 6.16. The Morgan fingerprint density at radius 2 is 1.86 bits per heavy atom. The number of anilines is 2. The van der Waals surface area contributed by atoms with Crippen molar-refractivity contribution in [2.45, 2.75) is 26.3 Å². The van der Waals surface area contributed by atoms with E-state index in [1.165, 1.54) is 17.7 Å². The Bertz CT molecular complexity index is 1530. The van der Waals surface area contributed by atoms with Gasteiger partial charge < -0.3 is 14.3 Å². The highest BCUT2D eigenvalue weighted by Crippen LogP contribution is 2.32. The second-order valence-electron chi connectivity index (χ2n) is 9.27. The normalized spacial score (nSPS) is 11.5. The van der Waals surface area contributed by atoms with Crippen molar-refractivity contribution in [2.24, 2.45) is 0 Å². The van der Waals surface area contributed by atoms with Crippen molar-refractivity contribution in [3.05, 3.63) is 83.7 Å². The number of carbonyl (C=O) groups excluding carboxylic acids is 2. The summed E-state index contributed by atoms with van der Waals surface area (Å²) >= 11 is 1.32. The molecule has 0 aliphatic rings. The molecule has 0 atom stereocenters. The number of ketones is 1. The number of benzene rings is 2. The first-order valence-corrected chi connectivity index (χ1v) is 12.3. The molecule has 0 fully saturated rings. The molecule has 3 heterocycles. The number of oxazole rings is 1. The van der Waals surface area contributed by atoms with Gasteiger partial charge in [0.2, 0.25) is 5.95 Å². The minimum absolute atomic E-state index is 0.00418. The van der Waals surface area contributed by atoms with E-state index >= 15 is 0 Å². The number of nitrogens with one attached hydrogen (secondary N) is 2. The van der Waals surface area contributed by atoms with E-state index in [0.717, 1.165) is 16.1 Å². The molecule has 2 N–H and O–H groups in total. The number of carbonyl (C=O) groups is 2. The molecule has 0 bridgehead atoms. The predicted octanol–water partition coefficient (Wildman–Crippen LogP) is 6.05. The molecule has 0 aliphatic heterocycles. The second kappa shape index (κ2) is 9.43. The van der Waals surface area contributed by atoms with Crippen LogP contribution in [0.25, 0.3) is 21.7 Å². The maximum absolute atomic E-state index is 13.1. The number of imidazole rings is 1. The molecule has 0 aliphatic carbocycles. The van der Waals surface area contributed by atoms with E-state index < -0.39 is 0 Å². The van der Waals surface area contributed by atoms with Crippen molar-refractivity contribution in [1.82, 2.24) is 14.5 Å². The monoisotopic (exact) mass is 499 g/mol. The number of Topliss-reactive ketones (excluding diaryl/α,β-unsaturated/α-hetero) is 1. The SMILES string of the molecule is CC(C)(C)n1c(NC(=O)c2ccc(-c3cnco3)s2)nc2cc(NCC(=O)c3ccccc3)ccc21. The van der Waals surface area contributed by atoms with Crippen LogP contribution in [0.1, 0.15) is 40.8 Å². The van der Waals surface area contributed by atoms with Crippen molar-refractivity contribution in [2.75, 3.05) is 17.2 Å². The van der Waals surface area contributed by atoms with Gasteiger partial charge in [0.1, 0.15) is 0 Å².